The predicted octanol–water partition coefficient (Wildman–Crippen LogP) is 3.43. The Balaban J connectivity index is 2.57. The molecule has 2 rings (SSSR count). The van der Waals surface area contributed by atoms with Crippen molar-refractivity contribution in [1.29, 1.82) is 0 Å². The van der Waals surface area contributed by atoms with Crippen LogP contribution in [0.25, 0.3) is 17.0 Å². The smallest absolute Gasteiger partial charge is 0.124 e. The molecule has 0 aliphatic rings. The van der Waals surface area contributed by atoms with Gasteiger partial charge in [0.15, 0.2) is 0 Å². The van der Waals surface area contributed by atoms with E-state index in [1.54, 1.807) is 0 Å². The van der Waals surface area contributed by atoms with Crippen LogP contribution in [0.1, 0.15) is 16.8 Å². The Kier molecular flexibility index (Phi) is 3.15. The lowest BCUT2D eigenvalue weighted by molar-refractivity contribution is 0.627. The van der Waals surface area contributed by atoms with Gasteiger partial charge < -0.3 is 5.73 Å². The van der Waals surface area contributed by atoms with Gasteiger partial charge in [-0.05, 0) is 49.2 Å². The molecule has 0 saturated carbocycles. The maximum Gasteiger partial charge on any atom is 0.124 e. The van der Waals surface area contributed by atoms with Crippen molar-refractivity contribution in [2.45, 2.75) is 13.8 Å². The second-order valence-electron chi connectivity index (χ2n) is 4.40. The maximum absolute atomic E-state index is 13.4. The van der Waals surface area contributed by atoms with Crippen molar-refractivity contribution in [1.82, 2.24) is 4.98 Å². The fourth-order valence-electron chi connectivity index (χ4n) is 1.90. The van der Waals surface area contributed by atoms with Gasteiger partial charge in [-0.3, -0.25) is 0 Å². The Bertz CT molecular complexity index is 598. The van der Waals surface area contributed by atoms with Gasteiger partial charge in [-0.1, -0.05) is 12.6 Å². The number of nitrogens with two attached hydrogens (primary N) is 1. The van der Waals surface area contributed by atoms with E-state index in [0.29, 0.717) is 17.1 Å². The van der Waals surface area contributed by atoms with Gasteiger partial charge in [0.05, 0.1) is 17.1 Å². The number of benzene rings is 1. The highest BCUT2D eigenvalue weighted by Crippen LogP contribution is 2.22. The molecule has 2 N–H and O–H groups in total. The van der Waals surface area contributed by atoms with Crippen LogP contribution in [0.2, 0.25) is 0 Å². The normalized spacial score (nSPS) is 10.4. The fraction of sp³-hybridized carbons (Fsp3) is 0.133. The van der Waals surface area contributed by atoms with E-state index in [1.807, 2.05) is 32.0 Å². The molecule has 18 heavy (non-hydrogen) atoms. The van der Waals surface area contributed by atoms with Crippen molar-refractivity contribution in [3.63, 3.8) is 0 Å². The van der Waals surface area contributed by atoms with Gasteiger partial charge >= 0.3 is 0 Å². The number of pyridine rings is 1. The Morgan fingerprint density at radius 2 is 1.94 bits per heavy atom. The molecule has 0 aliphatic heterocycles. The zero-order chi connectivity index (χ0) is 13.3. The van der Waals surface area contributed by atoms with Crippen molar-refractivity contribution in [2.24, 2.45) is 5.73 Å². The van der Waals surface area contributed by atoms with Gasteiger partial charge in [-0.25, -0.2) is 9.37 Å². The third kappa shape index (κ3) is 2.40. The second-order valence-corrected chi connectivity index (χ2v) is 4.40. The number of aryl methyl sites for hydroxylation is 2. The number of rotatable bonds is 2. The van der Waals surface area contributed by atoms with E-state index in [4.69, 9.17) is 5.73 Å². The van der Waals surface area contributed by atoms with Crippen LogP contribution in [-0.2, 0) is 0 Å². The number of hydrogen-bond donors (Lipinski definition) is 1. The molecule has 1 aromatic carbocycles. The lowest BCUT2D eigenvalue weighted by Crippen LogP contribution is -2.01. The van der Waals surface area contributed by atoms with Gasteiger partial charge in [0.25, 0.3) is 0 Å². The molecule has 1 heterocycles. The van der Waals surface area contributed by atoms with E-state index in [1.165, 1.54) is 12.1 Å². The summed E-state index contributed by atoms with van der Waals surface area (Å²) in [7, 11) is 0. The van der Waals surface area contributed by atoms with Gasteiger partial charge in [-0.15, -0.1) is 0 Å². The number of aromatic nitrogens is 1. The van der Waals surface area contributed by atoms with E-state index >= 15 is 0 Å². The van der Waals surface area contributed by atoms with Crippen molar-refractivity contribution in [2.75, 3.05) is 0 Å². The third-order valence-corrected chi connectivity index (χ3v) is 2.74. The lowest BCUT2D eigenvalue weighted by atomic mass is 10.1. The van der Waals surface area contributed by atoms with E-state index in [2.05, 4.69) is 11.6 Å². The fourth-order valence-corrected chi connectivity index (χ4v) is 1.90. The van der Waals surface area contributed by atoms with Crippen LogP contribution in [0.15, 0.2) is 36.9 Å². The zero-order valence-corrected chi connectivity index (χ0v) is 10.5. The molecule has 92 valence electrons. The second kappa shape index (κ2) is 4.61. The molecule has 3 heteroatoms. The van der Waals surface area contributed by atoms with E-state index in [-0.39, 0.29) is 5.82 Å². The van der Waals surface area contributed by atoms with Crippen LogP contribution in [0, 0.1) is 19.7 Å². The highest BCUT2D eigenvalue weighted by Gasteiger charge is 2.07. The summed E-state index contributed by atoms with van der Waals surface area (Å²) in [6.45, 7) is 7.47. The molecule has 0 atom stereocenters. The molecule has 1 aromatic heterocycles. The monoisotopic (exact) mass is 242 g/mol. The molecule has 2 aromatic rings. The number of hydrogen-bond acceptors (Lipinski definition) is 2. The summed E-state index contributed by atoms with van der Waals surface area (Å²) in [5.74, 6) is -0.263. The van der Waals surface area contributed by atoms with E-state index in [0.717, 1.165) is 16.7 Å². The van der Waals surface area contributed by atoms with Crippen molar-refractivity contribution < 1.29 is 4.39 Å². The Morgan fingerprint density at radius 3 is 2.56 bits per heavy atom. The van der Waals surface area contributed by atoms with Gasteiger partial charge in [0, 0.05) is 5.56 Å². The average molecular weight is 242 g/mol. The molecular formula is C15H15FN2. The topological polar surface area (TPSA) is 38.9 Å². The summed E-state index contributed by atoms with van der Waals surface area (Å²) in [5.41, 5.74) is 10.0. The van der Waals surface area contributed by atoms with Crippen LogP contribution in [0.5, 0.6) is 0 Å². The Labute approximate surface area is 106 Å². The summed E-state index contributed by atoms with van der Waals surface area (Å²) >= 11 is 0. The average Bonchev–Trinajstić information content (AvgIpc) is 2.27. The van der Waals surface area contributed by atoms with Crippen molar-refractivity contribution in [3.8, 4) is 11.3 Å². The maximum atomic E-state index is 13.4. The molecule has 0 amide bonds. The van der Waals surface area contributed by atoms with Crippen molar-refractivity contribution in [3.05, 3.63) is 59.5 Å². The largest absolute Gasteiger partial charge is 0.397 e. The molecule has 0 radical (unpaired) electrons. The first-order valence-electron chi connectivity index (χ1n) is 5.67. The van der Waals surface area contributed by atoms with E-state index < -0.39 is 0 Å². The molecule has 0 spiro atoms. The van der Waals surface area contributed by atoms with Crippen LogP contribution >= 0.6 is 0 Å². The van der Waals surface area contributed by atoms with Crippen LogP contribution in [0.4, 0.5) is 4.39 Å². The Hall–Kier alpha value is -2.16. The highest BCUT2D eigenvalue weighted by molar-refractivity contribution is 5.66. The van der Waals surface area contributed by atoms with Gasteiger partial charge in [0.2, 0.25) is 0 Å². The Morgan fingerprint density at radius 1 is 1.22 bits per heavy atom. The predicted molar refractivity (Wildman–Crippen MR) is 72.3 cm³/mol. The summed E-state index contributed by atoms with van der Waals surface area (Å²) in [5, 5.41) is 0. The van der Waals surface area contributed by atoms with Gasteiger partial charge in [-0.2, -0.15) is 0 Å². The highest BCUT2D eigenvalue weighted by atomic mass is 19.1. The zero-order valence-electron chi connectivity index (χ0n) is 10.5. The molecule has 0 fully saturated rings. The number of nitrogens with zero attached hydrogens (tertiary/aromatic N) is 1. The third-order valence-electron chi connectivity index (χ3n) is 2.74. The molecule has 2 nitrogen and oxygen atoms in total. The quantitative estimate of drug-likeness (QED) is 0.876. The van der Waals surface area contributed by atoms with Crippen LogP contribution < -0.4 is 5.73 Å². The standard InChI is InChI=1S/C15H15FN2/c1-9-6-12(8-13(16)7-9)14-5-4-10(2)15(18-14)11(3)17/h4-8H,3,17H2,1-2H3. The van der Waals surface area contributed by atoms with Crippen molar-refractivity contribution >= 4 is 5.70 Å². The first-order chi connectivity index (χ1) is 8.47. The van der Waals surface area contributed by atoms with Gasteiger partial charge in [0.1, 0.15) is 5.82 Å². The van der Waals surface area contributed by atoms with E-state index in [9.17, 15) is 4.39 Å². The first kappa shape index (κ1) is 12.3. The molecule has 0 bridgehead atoms. The lowest BCUT2D eigenvalue weighted by Gasteiger charge is -2.08. The minimum absolute atomic E-state index is 0.263. The molecule has 0 unspecified atom stereocenters. The number of halogens is 1. The summed E-state index contributed by atoms with van der Waals surface area (Å²) in [6, 6.07) is 8.62. The molecular weight excluding hydrogens is 227 g/mol. The molecule has 0 saturated heterocycles. The summed E-state index contributed by atoms with van der Waals surface area (Å²) in [4.78, 5) is 4.43. The SMILES string of the molecule is C=C(N)c1nc(-c2cc(C)cc(F)c2)ccc1C. The molecule has 0 aliphatic carbocycles. The first-order valence-corrected chi connectivity index (χ1v) is 5.67. The summed E-state index contributed by atoms with van der Waals surface area (Å²) in [6.07, 6.45) is 0. The minimum atomic E-state index is -0.263. The van der Waals surface area contributed by atoms with Crippen LogP contribution in [-0.4, -0.2) is 4.98 Å². The minimum Gasteiger partial charge on any atom is -0.397 e. The van der Waals surface area contributed by atoms with Crippen LogP contribution in [0.3, 0.4) is 0 Å². The summed E-state index contributed by atoms with van der Waals surface area (Å²) < 4.78 is 13.4.